The van der Waals surface area contributed by atoms with Crippen LogP contribution >= 0.6 is 0 Å². The molecule has 0 saturated carbocycles. The Hall–Kier alpha value is -1.07. The van der Waals surface area contributed by atoms with E-state index in [9.17, 15) is 0 Å². The summed E-state index contributed by atoms with van der Waals surface area (Å²) < 4.78 is 4.49. The summed E-state index contributed by atoms with van der Waals surface area (Å²) in [6.07, 6.45) is 0. The van der Waals surface area contributed by atoms with Gasteiger partial charge in [0, 0.05) is 0 Å². The number of fused-ring (bicyclic) bond motifs is 3. The summed E-state index contributed by atoms with van der Waals surface area (Å²) in [5, 5.41) is 5.18. The van der Waals surface area contributed by atoms with Gasteiger partial charge in [0.2, 0.25) is 0 Å². The molecule has 0 fully saturated rings. The predicted octanol–water partition coefficient (Wildman–Crippen LogP) is 0.830. The molecule has 0 N–H and O–H groups in total. The van der Waals surface area contributed by atoms with Crippen LogP contribution in [-0.4, -0.2) is 16.0 Å². The molecule has 2 aromatic carbocycles. The maximum atomic E-state index is 4.49. The van der Waals surface area contributed by atoms with E-state index in [0.29, 0.717) is 0 Å². The number of hydrogen-bond donors (Lipinski definition) is 0. The van der Waals surface area contributed by atoms with E-state index in [0.717, 1.165) is 0 Å². The van der Waals surface area contributed by atoms with Gasteiger partial charge in [-0.05, 0) is 0 Å². The third-order valence-electron chi connectivity index (χ3n) is 2.30. The van der Waals surface area contributed by atoms with Gasteiger partial charge in [0.25, 0.3) is 0 Å². The Morgan fingerprint density at radius 1 is 1.00 bits per heavy atom. The van der Waals surface area contributed by atoms with Crippen LogP contribution in [0.2, 0.25) is 0 Å². The van der Waals surface area contributed by atoms with Crippen LogP contribution in [-0.2, 0) is 0 Å². The van der Waals surface area contributed by atoms with Crippen molar-refractivity contribution in [2.75, 3.05) is 0 Å². The molecule has 13 heavy (non-hydrogen) atoms. The van der Waals surface area contributed by atoms with Crippen molar-refractivity contribution in [3.8, 4) is 0 Å². The number of benzene rings is 2. The average Bonchev–Trinajstić information content (AvgIpc) is 2.65. The zero-order chi connectivity index (χ0) is 8.67. The summed E-state index contributed by atoms with van der Waals surface area (Å²) in [7, 11) is 0. The van der Waals surface area contributed by atoms with Gasteiger partial charge in [-0.1, -0.05) is 0 Å². The van der Waals surface area contributed by atoms with Gasteiger partial charge in [0.15, 0.2) is 0 Å². The van der Waals surface area contributed by atoms with E-state index in [-0.39, 0.29) is 16.0 Å². The molecular formula is C11H7AsN. The molecule has 2 heteroatoms. The van der Waals surface area contributed by atoms with Gasteiger partial charge in [-0.15, -0.1) is 0 Å². The summed E-state index contributed by atoms with van der Waals surface area (Å²) in [4.78, 5) is 2.29. The molecule has 1 radical (unpaired) electrons. The first-order valence-corrected chi connectivity index (χ1v) is 6.13. The van der Waals surface area contributed by atoms with E-state index >= 15 is 0 Å². The Kier molecular flexibility index (Phi) is 1.53. The molecule has 2 aromatic rings. The van der Waals surface area contributed by atoms with Crippen molar-refractivity contribution in [3.63, 3.8) is 0 Å². The number of hydrogen-bond acceptors (Lipinski definition) is 1. The van der Waals surface area contributed by atoms with Crippen LogP contribution in [0.1, 0.15) is 0 Å². The Balaban J connectivity index is 2.67. The van der Waals surface area contributed by atoms with E-state index in [1.165, 1.54) is 21.3 Å². The fraction of sp³-hybridized carbons (Fsp3) is 0. The van der Waals surface area contributed by atoms with Gasteiger partial charge >= 0.3 is 82.5 Å². The zero-order valence-corrected chi connectivity index (χ0v) is 8.81. The van der Waals surface area contributed by atoms with Gasteiger partial charge in [-0.3, -0.25) is 0 Å². The Morgan fingerprint density at radius 2 is 1.92 bits per heavy atom. The molecule has 0 aliphatic carbocycles. The molecule has 0 amide bonds. The minimum atomic E-state index is 0.0705. The van der Waals surface area contributed by atoms with Crippen molar-refractivity contribution in [1.29, 1.82) is 0 Å². The van der Waals surface area contributed by atoms with Crippen molar-refractivity contribution in [2.45, 2.75) is 0 Å². The minimum absolute atomic E-state index is 0.0705. The molecule has 0 aromatic heterocycles. The van der Waals surface area contributed by atoms with E-state index in [1.807, 2.05) is 0 Å². The van der Waals surface area contributed by atoms with E-state index in [1.54, 1.807) is 0 Å². The second-order valence-corrected chi connectivity index (χ2v) is 4.51. The SMILES string of the molecule is C1=c2c(ccc3ccccc23)=N[As]1. The quantitative estimate of drug-likeness (QED) is 0.592. The van der Waals surface area contributed by atoms with E-state index in [4.69, 9.17) is 0 Å². The van der Waals surface area contributed by atoms with E-state index in [2.05, 4.69) is 45.2 Å². The summed E-state index contributed by atoms with van der Waals surface area (Å²) in [5.74, 6) is 0. The molecule has 1 nitrogen and oxygen atoms in total. The van der Waals surface area contributed by atoms with Crippen LogP contribution in [0.25, 0.3) is 15.6 Å². The van der Waals surface area contributed by atoms with Crippen LogP contribution in [0.5, 0.6) is 0 Å². The van der Waals surface area contributed by atoms with Crippen LogP contribution in [0, 0.1) is 0 Å². The van der Waals surface area contributed by atoms with Gasteiger partial charge in [0.1, 0.15) is 0 Å². The van der Waals surface area contributed by atoms with Crippen LogP contribution < -0.4 is 10.6 Å². The van der Waals surface area contributed by atoms with Gasteiger partial charge in [-0.25, -0.2) is 0 Å². The maximum absolute atomic E-state index is 4.49. The predicted molar refractivity (Wildman–Crippen MR) is 54.9 cm³/mol. The van der Waals surface area contributed by atoms with Crippen molar-refractivity contribution in [3.05, 3.63) is 47.0 Å². The normalized spacial score (nSPS) is 15.4. The molecule has 0 spiro atoms. The monoisotopic (exact) mass is 228 g/mol. The second kappa shape index (κ2) is 2.71. The fourth-order valence-electron chi connectivity index (χ4n) is 1.66. The molecular weight excluding hydrogens is 221 g/mol. The summed E-state index contributed by atoms with van der Waals surface area (Å²) in [6, 6.07) is 12.8. The fourth-order valence-corrected chi connectivity index (χ4v) is 3.22. The van der Waals surface area contributed by atoms with Crippen LogP contribution in [0.4, 0.5) is 0 Å². The third-order valence-corrected chi connectivity index (χ3v) is 3.78. The second-order valence-electron chi connectivity index (χ2n) is 3.06. The van der Waals surface area contributed by atoms with Crippen LogP contribution in [0.15, 0.2) is 40.3 Å². The van der Waals surface area contributed by atoms with Gasteiger partial charge in [-0.2, -0.15) is 0 Å². The van der Waals surface area contributed by atoms with Crippen molar-refractivity contribution in [2.24, 2.45) is 3.91 Å². The first-order valence-electron chi connectivity index (χ1n) is 4.21. The molecule has 3 rings (SSSR count). The molecule has 61 valence electrons. The average molecular weight is 228 g/mol. The summed E-state index contributed by atoms with van der Waals surface area (Å²) in [6.45, 7) is 0. The number of rotatable bonds is 0. The standard InChI is InChI=1S/C11H7AsN/c1-2-4-9-8(3-1)5-6-11-10(9)7-12-13-11/h1-7H. The Labute approximate surface area is 82.7 Å². The van der Waals surface area contributed by atoms with Gasteiger partial charge in [0.05, 0.1) is 0 Å². The van der Waals surface area contributed by atoms with Gasteiger partial charge < -0.3 is 0 Å². The summed E-state index contributed by atoms with van der Waals surface area (Å²) >= 11 is 0.0705. The van der Waals surface area contributed by atoms with Crippen molar-refractivity contribution >= 4 is 31.6 Å². The molecule has 0 unspecified atom stereocenters. The third kappa shape index (κ3) is 1.04. The van der Waals surface area contributed by atoms with Crippen molar-refractivity contribution in [1.82, 2.24) is 0 Å². The summed E-state index contributed by atoms with van der Waals surface area (Å²) in [5.41, 5.74) is 0. The van der Waals surface area contributed by atoms with Crippen LogP contribution in [0.3, 0.4) is 0 Å². The molecule has 0 saturated heterocycles. The molecule has 0 bridgehead atoms. The molecule has 0 atom stereocenters. The Bertz CT molecular complexity index is 587. The molecule has 1 aliphatic rings. The zero-order valence-electron chi connectivity index (χ0n) is 6.94. The first-order chi connectivity index (χ1) is 6.45. The number of nitrogens with zero attached hydrogens (tertiary/aromatic N) is 1. The molecule has 1 heterocycles. The molecule has 1 aliphatic heterocycles. The van der Waals surface area contributed by atoms with Crippen molar-refractivity contribution < 1.29 is 0 Å². The topological polar surface area (TPSA) is 12.4 Å². The van der Waals surface area contributed by atoms with E-state index < -0.39 is 0 Å². The Morgan fingerprint density at radius 3 is 2.92 bits per heavy atom. The first kappa shape index (κ1) is 7.34.